The van der Waals surface area contributed by atoms with E-state index in [0.717, 1.165) is 17.7 Å². The Balaban J connectivity index is 0.00000176. The fraction of sp³-hybridized carbons (Fsp3) is 0.500. The third kappa shape index (κ3) is 3.42. The first kappa shape index (κ1) is 16.8. The van der Waals surface area contributed by atoms with E-state index in [1.165, 1.54) is 12.8 Å². The van der Waals surface area contributed by atoms with Gasteiger partial charge in [0.05, 0.1) is 0 Å². The van der Waals surface area contributed by atoms with Crippen molar-refractivity contribution in [2.24, 2.45) is 11.7 Å². The number of amides is 2. The highest BCUT2D eigenvalue weighted by Gasteiger charge is 2.28. The highest BCUT2D eigenvalue weighted by Crippen LogP contribution is 2.31. The molecule has 5 nitrogen and oxygen atoms in total. The number of hydrogen-bond donors (Lipinski definition) is 2. The molecular weight excluding hydrogens is 302 g/mol. The Labute approximate surface area is 136 Å². The Kier molecular flexibility index (Phi) is 5.08. The number of anilines is 1. The fourth-order valence-electron chi connectivity index (χ4n) is 2.87. The fourth-order valence-corrected chi connectivity index (χ4v) is 2.87. The maximum absolute atomic E-state index is 12.2. The lowest BCUT2D eigenvalue weighted by Gasteiger charge is -2.15. The van der Waals surface area contributed by atoms with Crippen LogP contribution in [0.25, 0.3) is 0 Å². The molecule has 1 unspecified atom stereocenters. The summed E-state index contributed by atoms with van der Waals surface area (Å²) < 4.78 is 0. The molecule has 1 fully saturated rings. The topological polar surface area (TPSA) is 75.4 Å². The Morgan fingerprint density at radius 2 is 2.14 bits per heavy atom. The van der Waals surface area contributed by atoms with E-state index < -0.39 is 0 Å². The lowest BCUT2D eigenvalue weighted by Crippen LogP contribution is -2.38. The average Bonchev–Trinajstić information content (AvgIpc) is 3.23. The van der Waals surface area contributed by atoms with E-state index in [2.05, 4.69) is 5.32 Å². The van der Waals surface area contributed by atoms with Gasteiger partial charge in [-0.05, 0) is 48.9 Å². The second-order valence-electron chi connectivity index (χ2n) is 5.98. The van der Waals surface area contributed by atoms with Crippen LogP contribution < -0.4 is 16.0 Å². The number of carbonyl (C=O) groups is 2. The highest BCUT2D eigenvalue weighted by atomic mass is 35.5. The molecule has 1 saturated carbocycles. The summed E-state index contributed by atoms with van der Waals surface area (Å²) in [4.78, 5) is 25.4. The van der Waals surface area contributed by atoms with Crippen molar-refractivity contribution in [3.05, 3.63) is 29.3 Å². The van der Waals surface area contributed by atoms with Gasteiger partial charge in [-0.15, -0.1) is 12.4 Å². The van der Waals surface area contributed by atoms with Crippen LogP contribution in [0.3, 0.4) is 0 Å². The minimum absolute atomic E-state index is 0. The number of carbonyl (C=O) groups excluding carboxylic acids is 2. The minimum atomic E-state index is -0.0878. The zero-order chi connectivity index (χ0) is 15.0. The van der Waals surface area contributed by atoms with Crippen molar-refractivity contribution in [3.8, 4) is 0 Å². The maximum atomic E-state index is 12.2. The van der Waals surface area contributed by atoms with Crippen molar-refractivity contribution in [2.45, 2.75) is 32.2 Å². The number of hydrogen-bond acceptors (Lipinski definition) is 3. The molecule has 1 heterocycles. The van der Waals surface area contributed by atoms with E-state index in [1.54, 1.807) is 17.9 Å². The summed E-state index contributed by atoms with van der Waals surface area (Å²) in [5.74, 6) is 0.533. The van der Waals surface area contributed by atoms with Gasteiger partial charge in [0, 0.05) is 37.3 Å². The summed E-state index contributed by atoms with van der Waals surface area (Å²) in [5.41, 5.74) is 8.61. The molecule has 0 spiro atoms. The summed E-state index contributed by atoms with van der Waals surface area (Å²) >= 11 is 0. The molecule has 120 valence electrons. The Hall–Kier alpha value is -1.59. The van der Waals surface area contributed by atoms with Gasteiger partial charge < -0.3 is 16.0 Å². The molecule has 1 aromatic carbocycles. The predicted octanol–water partition coefficient (Wildman–Crippen LogP) is 1.48. The number of halogens is 1. The van der Waals surface area contributed by atoms with Crippen LogP contribution in [0.2, 0.25) is 0 Å². The van der Waals surface area contributed by atoms with E-state index in [-0.39, 0.29) is 30.3 Å². The van der Waals surface area contributed by atoms with Gasteiger partial charge in [0.25, 0.3) is 5.91 Å². The van der Waals surface area contributed by atoms with Crippen molar-refractivity contribution in [1.29, 1.82) is 0 Å². The summed E-state index contributed by atoms with van der Waals surface area (Å²) in [5, 5.41) is 2.90. The molecule has 3 rings (SSSR count). The summed E-state index contributed by atoms with van der Waals surface area (Å²) in [6.07, 6.45) is 3.16. The number of nitrogens with two attached hydrogens (primary N) is 1. The van der Waals surface area contributed by atoms with Gasteiger partial charge in [-0.25, -0.2) is 0 Å². The first-order chi connectivity index (χ1) is 10.1. The second kappa shape index (κ2) is 6.67. The van der Waals surface area contributed by atoms with Crippen molar-refractivity contribution in [3.63, 3.8) is 0 Å². The molecule has 0 saturated heterocycles. The monoisotopic (exact) mass is 323 g/mol. The van der Waals surface area contributed by atoms with Crippen LogP contribution in [0.1, 0.15) is 35.7 Å². The van der Waals surface area contributed by atoms with Crippen molar-refractivity contribution in [1.82, 2.24) is 5.32 Å². The van der Waals surface area contributed by atoms with Gasteiger partial charge in [-0.3, -0.25) is 9.59 Å². The largest absolute Gasteiger partial charge is 0.350 e. The number of nitrogens with zero attached hydrogens (tertiary/aromatic N) is 1. The van der Waals surface area contributed by atoms with Crippen molar-refractivity contribution >= 4 is 29.9 Å². The SMILES string of the molecule is CC(=O)N1CCc2cc(C(=O)NCC(N)C3CC3)ccc21.Cl. The van der Waals surface area contributed by atoms with Gasteiger partial charge in [0.15, 0.2) is 0 Å². The Bertz CT molecular complexity index is 587. The molecule has 2 aliphatic rings. The third-order valence-corrected chi connectivity index (χ3v) is 4.34. The average molecular weight is 324 g/mol. The van der Waals surface area contributed by atoms with Crippen LogP contribution in [0.5, 0.6) is 0 Å². The quantitative estimate of drug-likeness (QED) is 0.881. The van der Waals surface area contributed by atoms with Gasteiger partial charge in [-0.2, -0.15) is 0 Å². The number of fused-ring (bicyclic) bond motifs is 1. The highest BCUT2D eigenvalue weighted by molar-refractivity contribution is 5.97. The Morgan fingerprint density at radius 3 is 2.77 bits per heavy atom. The van der Waals surface area contributed by atoms with Gasteiger partial charge >= 0.3 is 0 Å². The van der Waals surface area contributed by atoms with Crippen LogP contribution in [0, 0.1) is 5.92 Å². The zero-order valence-electron chi connectivity index (χ0n) is 12.7. The Morgan fingerprint density at radius 1 is 1.41 bits per heavy atom. The molecule has 2 amide bonds. The van der Waals surface area contributed by atoms with E-state index in [1.807, 2.05) is 12.1 Å². The molecule has 0 radical (unpaired) electrons. The number of nitrogens with one attached hydrogen (secondary N) is 1. The smallest absolute Gasteiger partial charge is 0.251 e. The van der Waals surface area contributed by atoms with Gasteiger partial charge in [0.1, 0.15) is 0 Å². The molecule has 0 bridgehead atoms. The predicted molar refractivity (Wildman–Crippen MR) is 88.5 cm³/mol. The molecule has 22 heavy (non-hydrogen) atoms. The van der Waals surface area contributed by atoms with Crippen LogP contribution in [-0.4, -0.2) is 30.9 Å². The van der Waals surface area contributed by atoms with E-state index in [9.17, 15) is 9.59 Å². The normalized spacial score (nSPS) is 17.5. The van der Waals surface area contributed by atoms with Crippen molar-refractivity contribution < 1.29 is 9.59 Å². The minimum Gasteiger partial charge on any atom is -0.350 e. The first-order valence-electron chi connectivity index (χ1n) is 7.51. The van der Waals surface area contributed by atoms with Crippen LogP contribution in [0.4, 0.5) is 5.69 Å². The van der Waals surface area contributed by atoms with Crippen LogP contribution in [0.15, 0.2) is 18.2 Å². The third-order valence-electron chi connectivity index (χ3n) is 4.34. The molecule has 1 aliphatic carbocycles. The van der Waals surface area contributed by atoms with Crippen LogP contribution in [-0.2, 0) is 11.2 Å². The molecule has 3 N–H and O–H groups in total. The summed E-state index contributed by atoms with van der Waals surface area (Å²) in [7, 11) is 0. The zero-order valence-corrected chi connectivity index (χ0v) is 13.5. The number of benzene rings is 1. The molecule has 1 aromatic rings. The molecule has 0 aromatic heterocycles. The molecule has 1 atom stereocenters. The van der Waals surface area contributed by atoms with E-state index in [4.69, 9.17) is 5.73 Å². The first-order valence-corrected chi connectivity index (χ1v) is 7.51. The van der Waals surface area contributed by atoms with Crippen molar-refractivity contribution in [2.75, 3.05) is 18.0 Å². The van der Waals surface area contributed by atoms with Gasteiger partial charge in [-0.1, -0.05) is 0 Å². The van der Waals surface area contributed by atoms with E-state index >= 15 is 0 Å². The van der Waals surface area contributed by atoms with E-state index in [0.29, 0.717) is 24.6 Å². The molecule has 1 aliphatic heterocycles. The summed E-state index contributed by atoms with van der Waals surface area (Å²) in [6.45, 7) is 2.79. The summed E-state index contributed by atoms with van der Waals surface area (Å²) in [6, 6.07) is 5.59. The second-order valence-corrected chi connectivity index (χ2v) is 5.98. The lowest BCUT2D eigenvalue weighted by molar-refractivity contribution is -0.116. The standard InChI is InChI=1S/C16H21N3O2.ClH/c1-10(20)19-7-6-12-8-13(4-5-15(12)19)16(21)18-9-14(17)11-2-3-11;/h4-5,8,11,14H,2-3,6-7,9,17H2,1H3,(H,18,21);1H. The number of rotatable bonds is 4. The van der Waals surface area contributed by atoms with Crippen LogP contribution >= 0.6 is 12.4 Å². The van der Waals surface area contributed by atoms with Gasteiger partial charge in [0.2, 0.25) is 5.91 Å². The molecule has 6 heteroatoms. The molecular formula is C16H22ClN3O2. The maximum Gasteiger partial charge on any atom is 0.251 e. The lowest BCUT2D eigenvalue weighted by atomic mass is 10.1.